The Kier molecular flexibility index (Phi) is 6.98. The van der Waals surface area contributed by atoms with Gasteiger partial charge in [-0.05, 0) is 12.1 Å². The van der Waals surface area contributed by atoms with Crippen LogP contribution in [0.25, 0.3) is 0 Å². The average Bonchev–Trinajstić information content (AvgIpc) is 2.05. The first-order valence-corrected chi connectivity index (χ1v) is 23.4. The molecule has 2 atom stereocenters. The Morgan fingerprint density at radius 1 is 0.611 bits per heavy atom. The summed E-state index contributed by atoms with van der Waals surface area (Å²) in [5.41, 5.74) is 0. The van der Waals surface area contributed by atoms with Crippen LogP contribution in [0.4, 0.5) is 0 Å². The fourth-order valence-corrected chi connectivity index (χ4v) is 50.0. The standard InChI is InChI=1S/C4H6Cl10Si4/c5-15(6)1-3(17(9,10)11)16(7,8)2-4(15)18(12,13)14/h3-4H,1-2H2/t3-,4+. The van der Waals surface area contributed by atoms with Crippen molar-refractivity contribution in [3.63, 3.8) is 0 Å². The molecule has 0 bridgehead atoms. The highest BCUT2D eigenvalue weighted by molar-refractivity contribution is 7.73. The molecule has 0 amide bonds. The summed E-state index contributed by atoms with van der Waals surface area (Å²) in [5, 5.41) is -0.866. The molecule has 0 spiro atoms. The molecule has 0 aliphatic carbocycles. The first-order chi connectivity index (χ1) is 7.68. The molecule has 108 valence electrons. The number of halogens is 10. The second-order valence-corrected chi connectivity index (χ2v) is 37.6. The van der Waals surface area contributed by atoms with E-state index in [1.807, 2.05) is 0 Å². The first kappa shape index (κ1) is 19.8. The van der Waals surface area contributed by atoms with Crippen molar-refractivity contribution in [2.24, 2.45) is 0 Å². The minimum Gasteiger partial charge on any atom is -0.146 e. The minimum atomic E-state index is -3.10. The topological polar surface area (TPSA) is 0 Å². The Hall–Kier alpha value is 3.77. The molecular weight excluding hydrogens is 515 g/mol. The van der Waals surface area contributed by atoms with Crippen LogP contribution in [0.5, 0.6) is 0 Å². The van der Waals surface area contributed by atoms with Crippen LogP contribution in [-0.4, -0.2) is 25.4 Å². The predicted molar refractivity (Wildman–Crippen MR) is 98.7 cm³/mol. The summed E-state index contributed by atoms with van der Waals surface area (Å²) in [6, 6.07) is -5.64. The summed E-state index contributed by atoms with van der Waals surface area (Å²) >= 11 is 61.8. The summed E-state index contributed by atoms with van der Waals surface area (Å²) in [4.78, 5) is 0. The van der Waals surface area contributed by atoms with E-state index in [4.69, 9.17) is 111 Å². The highest BCUT2D eigenvalue weighted by Gasteiger charge is 2.66. The maximum Gasteiger partial charge on any atom is 0.343 e. The highest BCUT2D eigenvalue weighted by atomic mass is 35.8. The van der Waals surface area contributed by atoms with E-state index in [1.165, 1.54) is 0 Å². The van der Waals surface area contributed by atoms with Crippen LogP contribution >= 0.6 is 111 Å². The largest absolute Gasteiger partial charge is 0.343 e. The molecule has 18 heavy (non-hydrogen) atoms. The monoisotopic (exact) mass is 516 g/mol. The van der Waals surface area contributed by atoms with Gasteiger partial charge in [-0.2, -0.15) is 0 Å². The van der Waals surface area contributed by atoms with Crippen molar-refractivity contribution in [3.05, 3.63) is 0 Å². The van der Waals surface area contributed by atoms with Crippen LogP contribution in [0.15, 0.2) is 0 Å². The Morgan fingerprint density at radius 2 is 0.833 bits per heavy atom. The molecule has 1 aliphatic heterocycles. The number of rotatable bonds is 2. The van der Waals surface area contributed by atoms with E-state index >= 15 is 0 Å². The van der Waals surface area contributed by atoms with Gasteiger partial charge in [-0.1, -0.05) is 0 Å². The van der Waals surface area contributed by atoms with Gasteiger partial charge in [-0.3, -0.25) is 0 Å². The Labute approximate surface area is 156 Å². The lowest BCUT2D eigenvalue weighted by molar-refractivity contribution is 1.09. The summed E-state index contributed by atoms with van der Waals surface area (Å²) < 4.78 is 0. The smallest absolute Gasteiger partial charge is 0.146 e. The Bertz CT molecular complexity index is 287. The summed E-state index contributed by atoms with van der Waals surface area (Å²) in [7, 11) is 0. The Morgan fingerprint density at radius 3 is 1.00 bits per heavy atom. The van der Waals surface area contributed by atoms with Gasteiger partial charge in [0.1, 0.15) is 0 Å². The van der Waals surface area contributed by atoms with E-state index < -0.39 is 35.7 Å². The lowest BCUT2D eigenvalue weighted by atomic mass is 10.9. The van der Waals surface area contributed by atoms with Gasteiger partial charge in [0.05, 0.1) is 0 Å². The molecule has 1 saturated heterocycles. The van der Waals surface area contributed by atoms with Crippen molar-refractivity contribution < 1.29 is 0 Å². The van der Waals surface area contributed by atoms with E-state index in [1.54, 1.807) is 0 Å². The third-order valence-corrected chi connectivity index (χ3v) is 31.5. The van der Waals surface area contributed by atoms with Crippen molar-refractivity contribution >= 4 is 136 Å². The third kappa shape index (κ3) is 4.88. The van der Waals surface area contributed by atoms with E-state index in [0.717, 1.165) is 0 Å². The molecular formula is C4H6Cl10Si4. The fraction of sp³-hybridized carbons (Fsp3) is 1.00. The van der Waals surface area contributed by atoms with Crippen LogP contribution in [0.2, 0.25) is 22.4 Å². The lowest BCUT2D eigenvalue weighted by Gasteiger charge is -2.45. The normalized spacial score (nSPS) is 32.3. The zero-order valence-electron chi connectivity index (χ0n) is 8.35. The van der Waals surface area contributed by atoms with Crippen LogP contribution in [0, 0.1) is 0 Å². The van der Waals surface area contributed by atoms with Gasteiger partial charge in [-0.25, -0.2) is 0 Å². The summed E-state index contributed by atoms with van der Waals surface area (Å²) in [6.07, 6.45) is 0. The molecule has 1 heterocycles. The molecule has 1 fully saturated rings. The zero-order valence-corrected chi connectivity index (χ0v) is 19.9. The van der Waals surface area contributed by atoms with Crippen molar-refractivity contribution in [1.82, 2.24) is 0 Å². The van der Waals surface area contributed by atoms with Gasteiger partial charge < -0.3 is 0 Å². The minimum absolute atomic E-state index is 0.281. The third-order valence-electron chi connectivity index (χ3n) is 2.76. The lowest BCUT2D eigenvalue weighted by Crippen LogP contribution is -2.54. The van der Waals surface area contributed by atoms with E-state index in [2.05, 4.69) is 0 Å². The molecule has 14 heteroatoms. The van der Waals surface area contributed by atoms with Crippen LogP contribution in [0.1, 0.15) is 0 Å². The molecule has 1 rings (SSSR count). The molecule has 0 aromatic heterocycles. The van der Waals surface area contributed by atoms with Crippen LogP contribution in [0.3, 0.4) is 0 Å². The quantitative estimate of drug-likeness (QED) is 0.272. The van der Waals surface area contributed by atoms with Crippen molar-refractivity contribution in [2.45, 2.75) is 22.4 Å². The number of hydrogen-bond donors (Lipinski definition) is 0. The summed E-state index contributed by atoms with van der Waals surface area (Å²) in [6.45, 7) is -5.72. The zero-order chi connectivity index (χ0) is 14.6. The highest BCUT2D eigenvalue weighted by Crippen LogP contribution is 2.63. The van der Waals surface area contributed by atoms with Crippen molar-refractivity contribution in [3.8, 4) is 0 Å². The van der Waals surface area contributed by atoms with Gasteiger partial charge in [-0.15, -0.1) is 111 Å². The number of hydrogen-bond acceptors (Lipinski definition) is 0. The maximum absolute atomic E-state index is 6.39. The van der Waals surface area contributed by atoms with Gasteiger partial charge in [0, 0.05) is 10.3 Å². The molecule has 0 saturated carbocycles. The van der Waals surface area contributed by atoms with Crippen molar-refractivity contribution in [1.29, 1.82) is 0 Å². The van der Waals surface area contributed by atoms with Gasteiger partial charge in [0.2, 0.25) is 0 Å². The average molecular weight is 521 g/mol. The maximum atomic E-state index is 6.39. The molecule has 0 N–H and O–H groups in total. The van der Waals surface area contributed by atoms with Gasteiger partial charge in [0.25, 0.3) is 13.4 Å². The fourth-order valence-electron chi connectivity index (χ4n) is 1.84. The Balaban J connectivity index is 3.11. The predicted octanol–water partition coefficient (Wildman–Crippen LogP) is 6.97. The second kappa shape index (κ2) is 6.34. The van der Waals surface area contributed by atoms with E-state index in [0.29, 0.717) is 0 Å². The molecule has 0 aromatic rings. The van der Waals surface area contributed by atoms with Crippen LogP contribution in [-0.2, 0) is 0 Å². The summed E-state index contributed by atoms with van der Waals surface area (Å²) in [5.74, 6) is 0. The van der Waals surface area contributed by atoms with Gasteiger partial charge >= 0.3 is 12.0 Å². The molecule has 1 aliphatic rings. The molecule has 0 unspecified atom stereocenters. The molecule has 0 aromatic carbocycles. The van der Waals surface area contributed by atoms with E-state index in [9.17, 15) is 0 Å². The van der Waals surface area contributed by atoms with Crippen molar-refractivity contribution in [2.75, 3.05) is 0 Å². The van der Waals surface area contributed by atoms with E-state index in [-0.39, 0.29) is 12.1 Å². The first-order valence-electron chi connectivity index (χ1n) is 4.57. The second-order valence-electron chi connectivity index (χ2n) is 4.12. The van der Waals surface area contributed by atoms with Crippen LogP contribution < -0.4 is 0 Å². The molecule has 0 nitrogen and oxygen atoms in total. The molecule has 0 radical (unpaired) electrons. The SMILES string of the molecule is Cl[Si](Cl)(Cl)[C@H]1C[Si](Cl)(Cl)[C@H]([Si](Cl)(Cl)Cl)C[Si]1(Cl)Cl. The van der Waals surface area contributed by atoms with Gasteiger partial charge in [0.15, 0.2) is 0 Å².